The van der Waals surface area contributed by atoms with E-state index >= 15 is 9.18 Å². The molecule has 4 N–H and O–H groups in total. The Bertz CT molecular complexity index is 1990. The minimum Gasteiger partial charge on any atom is -0.746 e. The van der Waals surface area contributed by atoms with Crippen molar-refractivity contribution >= 4 is 19.4 Å². The summed E-state index contributed by atoms with van der Waals surface area (Å²) in [6, 6.07) is 4.79. The molecule has 11 atom stereocenters. The number of halogens is 1. The molecular formula is C46H67FN3O10P. The van der Waals surface area contributed by atoms with Gasteiger partial charge >= 0.3 is 7.82 Å². The Hall–Kier alpha value is -2.36. The fraction of sp³-hybridized carbons (Fsp3) is 0.739. The highest BCUT2D eigenvalue weighted by Crippen LogP contribution is 2.72. The molecule has 0 radical (unpaired) electrons. The summed E-state index contributed by atoms with van der Waals surface area (Å²) in [6.45, 7) is 12.8. The standard InChI is InChI=1S/C46H67FN3O10P/c1-42(2,3)48-26-36(52)30-12-15-37(60-61(55,56)57)31(22-30)28-50(6)20-18-49(19-21-50)27-39(54)46-40(58-41(59-46)29-10-8-7-9-11-29)24-35-34-14-13-32-23-33(51)16-17-43(32,4)45(34,47)38(53)25-44(35,46)5/h12,15-17,22-23,29,34-36,38,40-41,48,52-53H,7-11,13-14,18-21,24-28H2,1-6H3,(H-,55,56,57)/t34-,35-,36?,38-,40+,41+,43-,44-,45-,46+/m0/s1. The molecule has 5 aliphatic carbocycles. The molecule has 4 saturated carbocycles. The molecule has 0 amide bonds. The molecule has 0 spiro atoms. The Morgan fingerprint density at radius 1 is 1.15 bits per heavy atom. The van der Waals surface area contributed by atoms with Crippen LogP contribution in [0.2, 0.25) is 0 Å². The van der Waals surface area contributed by atoms with Crippen LogP contribution in [0, 0.1) is 28.6 Å². The normalized spacial score (nSPS) is 39.0. The van der Waals surface area contributed by atoms with Gasteiger partial charge in [0.2, 0.25) is 0 Å². The summed E-state index contributed by atoms with van der Waals surface area (Å²) < 4.78 is 49.5. The second-order valence-corrected chi connectivity index (χ2v) is 22.4. The summed E-state index contributed by atoms with van der Waals surface area (Å²) in [4.78, 5) is 51.4. The van der Waals surface area contributed by atoms with Gasteiger partial charge in [0, 0.05) is 53.4 Å². The molecule has 2 unspecified atom stereocenters. The number of aliphatic hydroxyl groups is 2. The van der Waals surface area contributed by atoms with E-state index in [9.17, 15) is 29.4 Å². The number of ether oxygens (including phenoxy) is 2. The topological polar surface area (TPSA) is 178 Å². The van der Waals surface area contributed by atoms with Gasteiger partial charge in [0.1, 0.15) is 12.3 Å². The number of phosphoric acid groups is 1. The van der Waals surface area contributed by atoms with E-state index in [1.807, 2.05) is 27.7 Å². The average molecular weight is 872 g/mol. The first kappa shape index (κ1) is 45.2. The average Bonchev–Trinajstić information content (AvgIpc) is 3.69. The van der Waals surface area contributed by atoms with Crippen LogP contribution in [0.1, 0.15) is 110 Å². The van der Waals surface area contributed by atoms with E-state index in [0.29, 0.717) is 73.2 Å². The third kappa shape index (κ3) is 7.97. The molecule has 338 valence electrons. The van der Waals surface area contributed by atoms with Crippen molar-refractivity contribution in [3.05, 3.63) is 53.1 Å². The highest BCUT2D eigenvalue weighted by molar-refractivity contribution is 7.45. The van der Waals surface area contributed by atoms with Gasteiger partial charge in [0.15, 0.2) is 29.1 Å². The van der Waals surface area contributed by atoms with Gasteiger partial charge in [-0.15, -0.1) is 0 Å². The number of hydrogen-bond donors (Lipinski definition) is 4. The highest BCUT2D eigenvalue weighted by atomic mass is 31.2. The molecule has 2 heterocycles. The minimum absolute atomic E-state index is 0.00299. The van der Waals surface area contributed by atoms with Crippen LogP contribution in [0.15, 0.2) is 42.0 Å². The predicted molar refractivity (Wildman–Crippen MR) is 223 cm³/mol. The van der Waals surface area contributed by atoms with Crippen molar-refractivity contribution in [3.63, 3.8) is 0 Å². The monoisotopic (exact) mass is 871 g/mol. The Morgan fingerprint density at radius 2 is 1.85 bits per heavy atom. The van der Waals surface area contributed by atoms with Gasteiger partial charge < -0.3 is 43.8 Å². The second-order valence-electron chi connectivity index (χ2n) is 21.2. The zero-order chi connectivity index (χ0) is 44.0. The fourth-order valence-electron chi connectivity index (χ4n) is 12.8. The molecular weight excluding hydrogens is 804 g/mol. The largest absolute Gasteiger partial charge is 0.746 e. The number of carbonyl (C=O) groups is 2. The number of alkyl halides is 1. The number of β-amino-alcohol motifs (C(OH)–C–C–N with tert-alkyl or cyclic N) is 1. The van der Waals surface area contributed by atoms with E-state index in [0.717, 1.165) is 32.1 Å². The number of piperazine rings is 1. The van der Waals surface area contributed by atoms with Gasteiger partial charge in [-0.2, -0.15) is 0 Å². The zero-order valence-electron chi connectivity index (χ0n) is 36.7. The second kappa shape index (κ2) is 16.0. The Balaban J connectivity index is 1.03. The van der Waals surface area contributed by atoms with Gasteiger partial charge in [-0.3, -0.25) is 19.1 Å². The van der Waals surface area contributed by atoms with E-state index in [1.54, 1.807) is 25.1 Å². The Labute approximate surface area is 359 Å². The van der Waals surface area contributed by atoms with Crippen LogP contribution < -0.4 is 14.7 Å². The number of rotatable bonds is 11. The van der Waals surface area contributed by atoms with Gasteiger partial charge in [-0.1, -0.05) is 43.9 Å². The maximum absolute atomic E-state index is 18.1. The number of quaternary nitrogens is 1. The number of ketones is 2. The van der Waals surface area contributed by atoms with Crippen molar-refractivity contribution < 1.29 is 57.0 Å². The SMILES string of the molecule is CC(C)(C)NCC(O)c1ccc(OP(=O)([O-])O)c(C[N+]2(C)CCN(CC(=O)[C@@]34O[C@H](C5CCCCC5)O[C@@H]3C[C@H]3[C@@H]5CCC6=CC(=O)C=C[C@]6(C)[C@@]5(F)[C@@H](O)C[C@@]34C)CC2)c1. The molecule has 2 saturated heterocycles. The van der Waals surface area contributed by atoms with Crippen LogP contribution in [-0.4, -0.2) is 118 Å². The molecule has 2 aliphatic heterocycles. The van der Waals surface area contributed by atoms with Gasteiger partial charge in [-0.05, 0) is 102 Å². The number of nitrogens with zero attached hydrogens (tertiary/aromatic N) is 2. The summed E-state index contributed by atoms with van der Waals surface area (Å²) in [7, 11) is -3.07. The van der Waals surface area contributed by atoms with Crippen molar-refractivity contribution in [1.29, 1.82) is 0 Å². The van der Waals surface area contributed by atoms with Crippen LogP contribution in [0.5, 0.6) is 5.75 Å². The molecule has 0 bridgehead atoms. The molecule has 13 nitrogen and oxygen atoms in total. The number of hydrogen-bond acceptors (Lipinski definition) is 11. The molecule has 15 heteroatoms. The molecule has 1 aromatic rings. The molecule has 8 rings (SSSR count). The zero-order valence-corrected chi connectivity index (χ0v) is 37.6. The summed E-state index contributed by atoms with van der Waals surface area (Å²) in [5, 5.41) is 26.5. The number of allylic oxidation sites excluding steroid dienone is 4. The fourth-order valence-corrected chi connectivity index (χ4v) is 13.2. The number of fused-ring (bicyclic) bond motifs is 7. The van der Waals surface area contributed by atoms with E-state index in [2.05, 4.69) is 17.3 Å². The number of carbonyl (C=O) groups excluding carboxylic acids is 2. The number of likely N-dealkylation sites (N-methyl/N-ethyl adjacent to an activating group) is 1. The van der Waals surface area contributed by atoms with Crippen molar-refractivity contribution in [2.45, 2.75) is 140 Å². The quantitative estimate of drug-likeness (QED) is 0.177. The molecule has 6 fully saturated rings. The lowest BCUT2D eigenvalue weighted by Gasteiger charge is -2.62. The first-order chi connectivity index (χ1) is 28.5. The lowest BCUT2D eigenvalue weighted by atomic mass is 9.44. The van der Waals surface area contributed by atoms with E-state index < -0.39 is 60.4 Å². The predicted octanol–water partition coefficient (Wildman–Crippen LogP) is 4.82. The van der Waals surface area contributed by atoms with E-state index in [4.69, 9.17) is 14.0 Å². The maximum Gasteiger partial charge on any atom is 0.317 e. The molecule has 0 aromatic heterocycles. The van der Waals surface area contributed by atoms with Crippen LogP contribution >= 0.6 is 7.82 Å². The van der Waals surface area contributed by atoms with Crippen molar-refractivity contribution in [2.75, 3.05) is 46.3 Å². The van der Waals surface area contributed by atoms with Gasteiger partial charge in [-0.25, -0.2) is 4.39 Å². The van der Waals surface area contributed by atoms with Gasteiger partial charge in [0.25, 0.3) is 0 Å². The number of aliphatic hydroxyl groups excluding tert-OH is 2. The summed E-state index contributed by atoms with van der Waals surface area (Å²) in [6.07, 6.45) is 7.89. The van der Waals surface area contributed by atoms with Crippen molar-refractivity contribution in [3.8, 4) is 5.75 Å². The summed E-state index contributed by atoms with van der Waals surface area (Å²) in [5.41, 5.74) is -3.87. The molecule has 7 aliphatic rings. The third-order valence-electron chi connectivity index (χ3n) is 16.2. The van der Waals surface area contributed by atoms with Crippen LogP contribution in [0.4, 0.5) is 4.39 Å². The smallest absolute Gasteiger partial charge is 0.317 e. The third-order valence-corrected chi connectivity index (χ3v) is 16.6. The Morgan fingerprint density at radius 3 is 2.52 bits per heavy atom. The van der Waals surface area contributed by atoms with Crippen molar-refractivity contribution in [1.82, 2.24) is 10.2 Å². The first-order valence-corrected chi connectivity index (χ1v) is 24.0. The van der Waals surface area contributed by atoms with Gasteiger partial charge in [0.05, 0.1) is 45.0 Å². The Kier molecular flexibility index (Phi) is 11.8. The van der Waals surface area contributed by atoms with E-state index in [-0.39, 0.29) is 54.2 Å². The lowest BCUT2D eigenvalue weighted by Crippen LogP contribution is -2.70. The van der Waals surface area contributed by atoms with Crippen LogP contribution in [0.25, 0.3) is 0 Å². The van der Waals surface area contributed by atoms with Crippen molar-refractivity contribution in [2.24, 2.45) is 28.6 Å². The summed E-state index contributed by atoms with van der Waals surface area (Å²) >= 11 is 0. The minimum atomic E-state index is -5.12. The number of Topliss-reactive ketones (excluding diaryl/α,β-unsaturated/α-hetero) is 1. The number of phosphoric ester groups is 1. The van der Waals surface area contributed by atoms with Crippen LogP contribution in [-0.2, 0) is 30.2 Å². The number of nitrogens with one attached hydrogen (secondary N) is 1. The first-order valence-electron chi connectivity index (χ1n) is 22.5. The highest BCUT2D eigenvalue weighted by Gasteiger charge is 2.79. The maximum atomic E-state index is 18.1. The number of benzene rings is 1. The molecule has 1 aromatic carbocycles. The lowest BCUT2D eigenvalue weighted by molar-refractivity contribution is -0.926. The van der Waals surface area contributed by atoms with E-state index in [1.165, 1.54) is 18.2 Å². The summed E-state index contributed by atoms with van der Waals surface area (Å²) in [5.74, 6) is -0.986. The van der Waals surface area contributed by atoms with Crippen LogP contribution in [0.3, 0.4) is 0 Å². The molecule has 61 heavy (non-hydrogen) atoms.